The van der Waals surface area contributed by atoms with E-state index in [0.717, 1.165) is 35.4 Å². The summed E-state index contributed by atoms with van der Waals surface area (Å²) in [6.45, 7) is 11.3. The molecule has 0 saturated carbocycles. The highest BCUT2D eigenvalue weighted by Crippen LogP contribution is 2.38. The third-order valence-electron chi connectivity index (χ3n) is 9.14. The predicted molar refractivity (Wildman–Crippen MR) is 220 cm³/mol. The number of halogens is 6. The van der Waals surface area contributed by atoms with E-state index < -0.39 is 52.5 Å². The van der Waals surface area contributed by atoms with Crippen LogP contribution in [0.25, 0.3) is 22.5 Å². The van der Waals surface area contributed by atoms with Crippen LogP contribution in [-0.4, -0.2) is 22.0 Å². The number of benzene rings is 4. The number of carbonyl (C=O) groups excluding carboxylic acids is 2. The molecule has 6 aromatic rings. The Bertz CT molecular complexity index is 2480. The molecule has 0 aliphatic carbocycles. The Morgan fingerprint density at radius 2 is 0.983 bits per heavy atom. The summed E-state index contributed by atoms with van der Waals surface area (Å²) >= 11 is 0. The van der Waals surface area contributed by atoms with Gasteiger partial charge in [-0.15, -0.1) is 0 Å². The largest absolute Gasteiger partial charge is 0.351 e. The van der Waals surface area contributed by atoms with Gasteiger partial charge in [0.25, 0.3) is 0 Å². The van der Waals surface area contributed by atoms with Crippen LogP contribution >= 0.6 is 0 Å². The van der Waals surface area contributed by atoms with Crippen molar-refractivity contribution in [3.8, 4) is 22.5 Å². The number of aryl methyl sites for hydroxylation is 3. The lowest BCUT2D eigenvalue weighted by Crippen LogP contribution is -2.33. The van der Waals surface area contributed by atoms with Gasteiger partial charge in [0.1, 0.15) is 57.9 Å². The summed E-state index contributed by atoms with van der Waals surface area (Å²) < 4.78 is 84.5. The van der Waals surface area contributed by atoms with Crippen LogP contribution in [0.5, 0.6) is 0 Å². The van der Waals surface area contributed by atoms with Gasteiger partial charge in [-0.25, -0.2) is 55.7 Å². The quantitative estimate of drug-likeness (QED) is 0.156. The highest BCUT2D eigenvalue weighted by molar-refractivity contribution is 5.99. The monoisotopic (exact) mass is 814 g/mol. The fraction of sp³-hybridized carbons (Fsp3) is 0.200. The third kappa shape index (κ3) is 9.71. The molecule has 0 spiro atoms. The van der Waals surface area contributed by atoms with E-state index in [1.54, 1.807) is 38.1 Å². The average molecular weight is 815 g/mol. The fourth-order valence-electron chi connectivity index (χ4n) is 6.37. The zero-order valence-corrected chi connectivity index (χ0v) is 32.5. The number of aromatic nitrogens is 2. The second-order valence-electron chi connectivity index (χ2n) is 14.3. The second kappa shape index (κ2) is 18.3. The molecule has 4 aromatic carbocycles. The van der Waals surface area contributed by atoms with Gasteiger partial charge in [0.15, 0.2) is 0 Å². The maximum atomic E-state index is 14.4. The molecule has 4 N–H and O–H groups in total. The number of para-hydroxylation sites is 2. The molecule has 0 aliphatic heterocycles. The lowest BCUT2D eigenvalue weighted by Gasteiger charge is -2.26. The molecular weight excluding hydrogens is 771 g/mol. The number of carbonyl (C=O) groups is 2. The van der Waals surface area contributed by atoms with E-state index in [-0.39, 0.29) is 30.3 Å². The summed E-state index contributed by atoms with van der Waals surface area (Å²) in [5.74, 6) is -4.64. The van der Waals surface area contributed by atoms with Crippen LogP contribution in [0.15, 0.2) is 97.1 Å². The normalized spacial score (nSPS) is 10.9. The molecule has 0 bridgehead atoms. The van der Waals surface area contributed by atoms with Crippen molar-refractivity contribution < 1.29 is 35.9 Å². The molecule has 0 unspecified atom stereocenters. The van der Waals surface area contributed by atoms with Gasteiger partial charge < -0.3 is 11.5 Å². The number of hydrogen-bond acceptors (Lipinski definition) is 4. The zero-order chi connectivity index (χ0) is 42.6. The van der Waals surface area contributed by atoms with E-state index in [2.05, 4.69) is 9.97 Å². The summed E-state index contributed by atoms with van der Waals surface area (Å²) in [7, 11) is 0. The van der Waals surface area contributed by atoms with Crippen LogP contribution in [0.2, 0.25) is 0 Å². The molecular formula is C45H44F6N6O2. The summed E-state index contributed by atoms with van der Waals surface area (Å²) in [6.07, 6.45) is 0.615. The smallest absolute Gasteiger partial charge is 0.325 e. The number of anilines is 4. The Morgan fingerprint density at radius 1 is 0.593 bits per heavy atom. The Kier molecular flexibility index (Phi) is 13.9. The number of primary amides is 2. The lowest BCUT2D eigenvalue weighted by molar-refractivity contribution is 0.254. The van der Waals surface area contributed by atoms with Crippen LogP contribution < -0.4 is 21.3 Å². The van der Waals surface area contributed by atoms with Gasteiger partial charge in [0.05, 0.1) is 11.4 Å². The minimum atomic E-state index is -1.09. The van der Waals surface area contributed by atoms with Gasteiger partial charge in [-0.3, -0.25) is 0 Å². The Balaban J connectivity index is 0.000000257. The van der Waals surface area contributed by atoms with Crippen LogP contribution in [-0.2, 0) is 11.8 Å². The number of urea groups is 2. The van der Waals surface area contributed by atoms with Gasteiger partial charge in [-0.05, 0) is 121 Å². The van der Waals surface area contributed by atoms with E-state index in [4.69, 9.17) is 11.5 Å². The molecule has 0 aliphatic rings. The molecule has 2 heterocycles. The topological polar surface area (TPSA) is 118 Å². The molecule has 4 amide bonds. The maximum Gasteiger partial charge on any atom is 0.325 e. The Labute approximate surface area is 339 Å². The highest BCUT2D eigenvalue weighted by atomic mass is 19.2. The van der Waals surface area contributed by atoms with Crippen molar-refractivity contribution in [3.05, 3.63) is 154 Å². The van der Waals surface area contributed by atoms with Crippen molar-refractivity contribution in [2.75, 3.05) is 9.80 Å². The first-order valence-electron chi connectivity index (χ1n) is 18.0. The van der Waals surface area contributed by atoms with Crippen LogP contribution in [0.4, 0.5) is 58.9 Å². The number of pyridine rings is 2. The van der Waals surface area contributed by atoms with Crippen molar-refractivity contribution >= 4 is 35.1 Å². The van der Waals surface area contributed by atoms with E-state index in [1.807, 2.05) is 27.7 Å². The van der Waals surface area contributed by atoms with Crippen LogP contribution in [0.3, 0.4) is 0 Å². The molecule has 14 heteroatoms. The fourth-order valence-corrected chi connectivity index (χ4v) is 6.37. The van der Waals surface area contributed by atoms with Gasteiger partial charge in [0, 0.05) is 11.1 Å². The molecule has 6 rings (SSSR count). The SMILES string of the molecule is C.CCc1ccc(N(C(N)=O)c2c(F)cccc2F)nc1-c1ccc(F)cc1C.Cc1cc(F)ccc1-c1nc(N(C(N)=O)c2c(F)cccc2F)ccc1C(C)(C)C. The zero-order valence-electron chi connectivity index (χ0n) is 32.5. The number of amides is 4. The number of nitrogens with zero attached hydrogens (tertiary/aromatic N) is 4. The Morgan fingerprint density at radius 3 is 1.36 bits per heavy atom. The molecule has 8 nitrogen and oxygen atoms in total. The van der Waals surface area contributed by atoms with E-state index in [9.17, 15) is 35.9 Å². The van der Waals surface area contributed by atoms with Crippen molar-refractivity contribution in [3.63, 3.8) is 0 Å². The average Bonchev–Trinajstić information content (AvgIpc) is 3.14. The predicted octanol–water partition coefficient (Wildman–Crippen LogP) is 11.9. The molecule has 2 aromatic heterocycles. The number of rotatable bonds is 7. The highest BCUT2D eigenvalue weighted by Gasteiger charge is 2.28. The minimum absolute atomic E-state index is 0. The van der Waals surface area contributed by atoms with Crippen molar-refractivity contribution in [2.24, 2.45) is 11.5 Å². The summed E-state index contributed by atoms with van der Waals surface area (Å²) in [4.78, 5) is 34.6. The first kappa shape index (κ1) is 45.0. The summed E-state index contributed by atoms with van der Waals surface area (Å²) in [5, 5.41) is 0. The molecule has 0 atom stereocenters. The van der Waals surface area contributed by atoms with Crippen molar-refractivity contribution in [1.82, 2.24) is 9.97 Å². The Hall–Kier alpha value is -6.70. The number of hydrogen-bond donors (Lipinski definition) is 2. The molecule has 0 fully saturated rings. The van der Waals surface area contributed by atoms with E-state index >= 15 is 0 Å². The summed E-state index contributed by atoms with van der Waals surface area (Å²) in [5.41, 5.74) is 14.5. The van der Waals surface area contributed by atoms with Gasteiger partial charge >= 0.3 is 12.1 Å². The van der Waals surface area contributed by atoms with Crippen molar-refractivity contribution in [2.45, 2.75) is 60.8 Å². The van der Waals surface area contributed by atoms with Crippen molar-refractivity contribution in [1.29, 1.82) is 0 Å². The molecule has 308 valence electrons. The molecule has 0 radical (unpaired) electrons. The van der Waals surface area contributed by atoms with Crippen LogP contribution in [0.1, 0.15) is 57.4 Å². The first-order valence-corrected chi connectivity index (χ1v) is 18.0. The molecule has 59 heavy (non-hydrogen) atoms. The van der Waals surface area contributed by atoms with Crippen LogP contribution in [0, 0.1) is 48.8 Å². The summed E-state index contributed by atoms with van der Waals surface area (Å²) in [6, 6.07) is 19.2. The van der Waals surface area contributed by atoms with Gasteiger partial charge in [-0.1, -0.05) is 59.4 Å². The van der Waals surface area contributed by atoms with Gasteiger partial charge in [-0.2, -0.15) is 0 Å². The third-order valence-corrected chi connectivity index (χ3v) is 9.14. The number of nitrogens with two attached hydrogens (primary N) is 2. The van der Waals surface area contributed by atoms with E-state index in [1.165, 1.54) is 48.5 Å². The lowest BCUT2D eigenvalue weighted by atomic mass is 9.83. The first-order chi connectivity index (χ1) is 27.3. The second-order valence-corrected chi connectivity index (χ2v) is 14.3. The minimum Gasteiger partial charge on any atom is -0.351 e. The van der Waals surface area contributed by atoms with Gasteiger partial charge in [0.2, 0.25) is 0 Å². The molecule has 0 saturated heterocycles. The maximum absolute atomic E-state index is 14.4. The standard InChI is InChI=1S/C23H22F3N3O.C21H18F3N3O.CH4/c1-13-12-14(24)8-9-15(13)20-16(23(2,3)4)10-11-19(28-20)29(22(27)30)21-17(25)6-5-7-18(21)26;1-3-13-7-10-18(26-19(13)15-9-8-14(22)11-12(15)2)27(21(25)28)20-16(23)5-4-6-17(20)24;/h5-12H,1-4H3,(H2,27,30);4-11H,3H2,1-2H3,(H2,25,28);1H4. The van der Waals surface area contributed by atoms with E-state index in [0.29, 0.717) is 49.9 Å².